The highest BCUT2D eigenvalue weighted by Crippen LogP contribution is 2.30. The maximum atomic E-state index is 13.7. The highest BCUT2D eigenvalue weighted by molar-refractivity contribution is 7.07. The van der Waals surface area contributed by atoms with E-state index in [2.05, 4.69) is 11.1 Å². The van der Waals surface area contributed by atoms with Gasteiger partial charge in [-0.3, -0.25) is 9.36 Å². The van der Waals surface area contributed by atoms with Crippen molar-refractivity contribution in [3.05, 3.63) is 132 Å². The topological polar surface area (TPSA) is 93.7 Å². The van der Waals surface area contributed by atoms with Crippen molar-refractivity contribution in [3.63, 3.8) is 0 Å². The van der Waals surface area contributed by atoms with Crippen LogP contribution < -0.4 is 19.6 Å². The fraction of sp³-hybridized carbons (Fsp3) is 0.188. The Labute approximate surface area is 235 Å². The van der Waals surface area contributed by atoms with Crippen molar-refractivity contribution in [3.8, 4) is 11.8 Å². The van der Waals surface area contributed by atoms with Crippen LogP contribution in [0, 0.1) is 18.3 Å². The lowest BCUT2D eigenvalue weighted by atomic mass is 9.95. The molecule has 1 aliphatic heterocycles. The average molecular weight is 550 g/mol. The van der Waals surface area contributed by atoms with E-state index in [4.69, 9.17) is 9.47 Å². The Morgan fingerprint density at radius 1 is 1.07 bits per heavy atom. The molecule has 2 heterocycles. The van der Waals surface area contributed by atoms with Crippen LogP contribution >= 0.6 is 11.3 Å². The molecule has 0 aliphatic carbocycles. The molecule has 3 aromatic carbocycles. The standard InChI is InChI=1S/C32H27N3O4S/c1-4-38-31(37)28-21(3)34-32-35(29(28)23-13-9-20(2)10-14-23)30(36)27(40-32)17-22-11-15-26(16-12-22)39-19-25-8-6-5-7-24(25)18-33/h5-17,29H,4,19H2,1-3H3/b27-17+/t29-/m0/s1. The molecule has 1 aromatic heterocycles. The zero-order valence-electron chi connectivity index (χ0n) is 22.4. The molecule has 4 aromatic rings. The van der Waals surface area contributed by atoms with Crippen molar-refractivity contribution in [2.24, 2.45) is 4.99 Å². The number of rotatable bonds is 7. The van der Waals surface area contributed by atoms with Gasteiger partial charge in [-0.15, -0.1) is 0 Å². The molecule has 0 saturated heterocycles. The summed E-state index contributed by atoms with van der Waals surface area (Å²) in [5.74, 6) is 0.178. The van der Waals surface area contributed by atoms with Crippen LogP contribution in [0.25, 0.3) is 6.08 Å². The van der Waals surface area contributed by atoms with Gasteiger partial charge >= 0.3 is 5.97 Å². The van der Waals surface area contributed by atoms with E-state index in [0.29, 0.717) is 31.9 Å². The summed E-state index contributed by atoms with van der Waals surface area (Å²) in [7, 11) is 0. The molecular formula is C32H27N3O4S. The van der Waals surface area contributed by atoms with Crippen molar-refractivity contribution in [1.82, 2.24) is 4.57 Å². The molecule has 8 heteroatoms. The number of nitrogens with zero attached hydrogens (tertiary/aromatic N) is 3. The molecule has 0 amide bonds. The minimum absolute atomic E-state index is 0.225. The van der Waals surface area contributed by atoms with Gasteiger partial charge in [-0.2, -0.15) is 5.26 Å². The van der Waals surface area contributed by atoms with Crippen molar-refractivity contribution in [2.45, 2.75) is 33.4 Å². The van der Waals surface area contributed by atoms with Crippen LogP contribution in [0.2, 0.25) is 0 Å². The highest BCUT2D eigenvalue weighted by atomic mass is 32.1. The number of carbonyl (C=O) groups is 1. The molecule has 7 nitrogen and oxygen atoms in total. The number of benzene rings is 3. The predicted octanol–water partition coefficient (Wildman–Crippen LogP) is 4.56. The zero-order chi connectivity index (χ0) is 28.2. The predicted molar refractivity (Wildman–Crippen MR) is 154 cm³/mol. The number of thiazole rings is 1. The quantitative estimate of drug-likeness (QED) is 0.315. The third-order valence-electron chi connectivity index (χ3n) is 6.62. The van der Waals surface area contributed by atoms with E-state index in [-0.39, 0.29) is 18.8 Å². The number of aromatic nitrogens is 1. The van der Waals surface area contributed by atoms with Gasteiger partial charge in [0.1, 0.15) is 12.4 Å². The number of fused-ring (bicyclic) bond motifs is 1. The second-order valence-corrected chi connectivity index (χ2v) is 10.3. The van der Waals surface area contributed by atoms with Gasteiger partial charge in [0.05, 0.1) is 40.1 Å². The lowest BCUT2D eigenvalue weighted by Crippen LogP contribution is -2.39. The van der Waals surface area contributed by atoms with Crippen molar-refractivity contribution < 1.29 is 14.3 Å². The molecule has 200 valence electrons. The van der Waals surface area contributed by atoms with Gasteiger partial charge in [0.15, 0.2) is 4.80 Å². The van der Waals surface area contributed by atoms with Gasteiger partial charge in [0.25, 0.3) is 5.56 Å². The highest BCUT2D eigenvalue weighted by Gasteiger charge is 2.33. The minimum atomic E-state index is -0.634. The average Bonchev–Trinajstić information content (AvgIpc) is 3.26. The minimum Gasteiger partial charge on any atom is -0.489 e. The third kappa shape index (κ3) is 5.37. The summed E-state index contributed by atoms with van der Waals surface area (Å²) >= 11 is 1.29. The summed E-state index contributed by atoms with van der Waals surface area (Å²) < 4.78 is 13.3. The van der Waals surface area contributed by atoms with Gasteiger partial charge in [-0.1, -0.05) is 71.5 Å². The Morgan fingerprint density at radius 2 is 1.80 bits per heavy atom. The molecule has 0 fully saturated rings. The van der Waals surface area contributed by atoms with Gasteiger partial charge in [-0.05, 0) is 56.2 Å². The number of esters is 1. The molecule has 0 bridgehead atoms. The van der Waals surface area contributed by atoms with Crippen molar-refractivity contribution in [2.75, 3.05) is 6.61 Å². The molecule has 0 unspecified atom stereocenters. The Balaban J connectivity index is 1.49. The molecule has 0 saturated carbocycles. The first-order chi connectivity index (χ1) is 19.4. The van der Waals surface area contributed by atoms with E-state index >= 15 is 0 Å². The van der Waals surface area contributed by atoms with E-state index in [9.17, 15) is 14.9 Å². The molecule has 1 aliphatic rings. The van der Waals surface area contributed by atoms with Crippen LogP contribution in [0.1, 0.15) is 47.7 Å². The number of allylic oxidation sites excluding steroid dienone is 1. The van der Waals surface area contributed by atoms with Gasteiger partial charge in [0, 0.05) is 5.56 Å². The number of ether oxygens (including phenoxy) is 2. The lowest BCUT2D eigenvalue weighted by molar-refractivity contribution is -0.139. The first kappa shape index (κ1) is 26.9. The summed E-state index contributed by atoms with van der Waals surface area (Å²) in [6, 6.07) is 24.1. The number of nitriles is 1. The maximum Gasteiger partial charge on any atom is 0.338 e. The Hall–Kier alpha value is -4.74. The Bertz CT molecular complexity index is 1830. The fourth-order valence-electron chi connectivity index (χ4n) is 4.58. The van der Waals surface area contributed by atoms with Crippen molar-refractivity contribution >= 4 is 23.4 Å². The van der Waals surface area contributed by atoms with E-state index < -0.39 is 12.0 Å². The van der Waals surface area contributed by atoms with Crippen LogP contribution in [0.3, 0.4) is 0 Å². The van der Waals surface area contributed by atoms with E-state index in [1.165, 1.54) is 11.3 Å². The molecular weight excluding hydrogens is 522 g/mol. The summed E-state index contributed by atoms with van der Waals surface area (Å²) in [4.78, 5) is 31.9. The first-order valence-corrected chi connectivity index (χ1v) is 13.7. The Kier molecular flexibility index (Phi) is 7.76. The Morgan fingerprint density at radius 3 is 2.50 bits per heavy atom. The summed E-state index contributed by atoms with van der Waals surface area (Å²) in [5.41, 5.74) is 4.79. The maximum absolute atomic E-state index is 13.7. The number of hydrogen-bond donors (Lipinski definition) is 0. The van der Waals surface area contributed by atoms with Crippen LogP contribution in [0.5, 0.6) is 5.75 Å². The number of aryl methyl sites for hydroxylation is 1. The molecule has 0 radical (unpaired) electrons. The molecule has 0 spiro atoms. The zero-order valence-corrected chi connectivity index (χ0v) is 23.2. The van der Waals surface area contributed by atoms with E-state index in [0.717, 1.165) is 22.3 Å². The second-order valence-electron chi connectivity index (χ2n) is 9.34. The van der Waals surface area contributed by atoms with E-state index in [1.807, 2.05) is 79.7 Å². The number of carbonyl (C=O) groups excluding carboxylic acids is 1. The van der Waals surface area contributed by atoms with Crippen LogP contribution in [0.15, 0.2) is 93.9 Å². The third-order valence-corrected chi connectivity index (χ3v) is 7.60. The van der Waals surface area contributed by atoms with Crippen LogP contribution in [-0.4, -0.2) is 17.1 Å². The fourth-order valence-corrected chi connectivity index (χ4v) is 5.63. The van der Waals surface area contributed by atoms with Crippen LogP contribution in [0.4, 0.5) is 0 Å². The normalized spacial score (nSPS) is 14.8. The number of hydrogen-bond acceptors (Lipinski definition) is 7. The SMILES string of the molecule is CCOC(=O)C1=C(C)N=c2s/c(=C/c3ccc(OCc4ccccc4C#N)cc3)c(=O)n2[C@H]1c1ccc(C)cc1. The molecule has 40 heavy (non-hydrogen) atoms. The van der Waals surface area contributed by atoms with Gasteiger partial charge in [0.2, 0.25) is 0 Å². The molecule has 0 N–H and O–H groups in total. The smallest absolute Gasteiger partial charge is 0.338 e. The molecule has 1 atom stereocenters. The monoisotopic (exact) mass is 549 g/mol. The van der Waals surface area contributed by atoms with E-state index in [1.54, 1.807) is 24.5 Å². The van der Waals surface area contributed by atoms with Gasteiger partial charge in [-0.25, -0.2) is 9.79 Å². The lowest BCUT2D eigenvalue weighted by Gasteiger charge is -2.24. The second kappa shape index (κ2) is 11.6. The van der Waals surface area contributed by atoms with Crippen molar-refractivity contribution in [1.29, 1.82) is 5.26 Å². The largest absolute Gasteiger partial charge is 0.489 e. The van der Waals surface area contributed by atoms with Crippen LogP contribution in [-0.2, 0) is 16.1 Å². The summed E-state index contributed by atoms with van der Waals surface area (Å²) in [6.07, 6.45) is 1.81. The molecule has 5 rings (SSSR count). The summed E-state index contributed by atoms with van der Waals surface area (Å²) in [5, 5.41) is 9.28. The summed E-state index contributed by atoms with van der Waals surface area (Å²) in [6.45, 7) is 6.03. The van der Waals surface area contributed by atoms with Gasteiger partial charge < -0.3 is 9.47 Å². The first-order valence-electron chi connectivity index (χ1n) is 12.9.